The molecule has 27 heavy (non-hydrogen) atoms. The number of benzene rings is 1. The molecule has 5 nitrogen and oxygen atoms in total. The number of aliphatic hydroxyl groups is 1. The van der Waals surface area contributed by atoms with Crippen molar-refractivity contribution in [2.75, 3.05) is 26.7 Å². The molecule has 0 spiro atoms. The molecule has 0 amide bonds. The summed E-state index contributed by atoms with van der Waals surface area (Å²) in [6.45, 7) is 14.0. The fourth-order valence-electron chi connectivity index (χ4n) is 3.97. The molecular weight excluding hydrogens is 336 g/mol. The molecule has 1 aromatic carbocycles. The van der Waals surface area contributed by atoms with Crippen molar-refractivity contribution in [3.63, 3.8) is 0 Å². The van der Waals surface area contributed by atoms with Crippen molar-refractivity contribution >= 4 is 5.96 Å². The van der Waals surface area contributed by atoms with Crippen LogP contribution in [0.2, 0.25) is 0 Å². The number of likely N-dealkylation sites (tertiary alicyclic amines) is 2. The first-order chi connectivity index (χ1) is 12.7. The molecule has 2 fully saturated rings. The van der Waals surface area contributed by atoms with E-state index in [1.165, 1.54) is 11.1 Å². The van der Waals surface area contributed by atoms with E-state index in [0.29, 0.717) is 5.41 Å². The van der Waals surface area contributed by atoms with Gasteiger partial charge in [-0.05, 0) is 37.8 Å². The smallest absolute Gasteiger partial charge is 0.194 e. The third kappa shape index (κ3) is 4.30. The molecule has 2 N–H and O–H groups in total. The molecule has 2 saturated heterocycles. The molecule has 0 aliphatic carbocycles. The van der Waals surface area contributed by atoms with Crippen LogP contribution in [0, 0.1) is 5.41 Å². The molecule has 5 heteroatoms. The zero-order valence-corrected chi connectivity index (χ0v) is 17.6. The fraction of sp³-hybridized carbons (Fsp3) is 0.682. The van der Waals surface area contributed by atoms with Crippen LogP contribution < -0.4 is 5.32 Å². The van der Waals surface area contributed by atoms with Crippen LogP contribution in [0.1, 0.15) is 51.7 Å². The molecule has 0 atom stereocenters. The molecule has 2 aliphatic heterocycles. The van der Waals surface area contributed by atoms with Crippen LogP contribution in [0.4, 0.5) is 0 Å². The Morgan fingerprint density at radius 1 is 1.11 bits per heavy atom. The molecule has 0 unspecified atom stereocenters. The van der Waals surface area contributed by atoms with Gasteiger partial charge in [-0.15, -0.1) is 0 Å². The highest BCUT2D eigenvalue weighted by Gasteiger charge is 2.53. The maximum Gasteiger partial charge on any atom is 0.194 e. The molecule has 3 rings (SSSR count). The topological polar surface area (TPSA) is 51.1 Å². The van der Waals surface area contributed by atoms with E-state index in [2.05, 4.69) is 72.1 Å². The standard InChI is InChI=1S/C22H36N4O/c1-21(2)16-26(22(21,3)4)20(23-5)24-14-17-6-8-18(9-7-17)15-25-12-10-19(27)11-13-25/h6-9,19,27H,10-16H2,1-5H3,(H,23,24). The number of rotatable bonds is 4. The van der Waals surface area contributed by atoms with E-state index < -0.39 is 0 Å². The van der Waals surface area contributed by atoms with Crippen molar-refractivity contribution in [1.82, 2.24) is 15.1 Å². The maximum atomic E-state index is 9.63. The van der Waals surface area contributed by atoms with Crippen molar-refractivity contribution in [3.8, 4) is 0 Å². The van der Waals surface area contributed by atoms with E-state index in [-0.39, 0.29) is 11.6 Å². The quantitative estimate of drug-likeness (QED) is 0.630. The second-order valence-corrected chi connectivity index (χ2v) is 9.25. The summed E-state index contributed by atoms with van der Waals surface area (Å²) in [4.78, 5) is 9.28. The lowest BCUT2D eigenvalue weighted by atomic mass is 9.65. The number of nitrogens with zero attached hydrogens (tertiary/aromatic N) is 3. The van der Waals surface area contributed by atoms with Gasteiger partial charge in [0.05, 0.1) is 6.10 Å². The minimum absolute atomic E-state index is 0.105. The maximum absolute atomic E-state index is 9.63. The molecular formula is C22H36N4O. The minimum Gasteiger partial charge on any atom is -0.393 e. The van der Waals surface area contributed by atoms with Crippen molar-refractivity contribution in [2.24, 2.45) is 10.4 Å². The molecule has 2 aliphatic rings. The lowest BCUT2D eigenvalue weighted by Gasteiger charge is -2.62. The van der Waals surface area contributed by atoms with E-state index in [9.17, 15) is 5.11 Å². The third-order valence-corrected chi connectivity index (χ3v) is 6.79. The predicted molar refractivity (Wildman–Crippen MR) is 112 cm³/mol. The summed E-state index contributed by atoms with van der Waals surface area (Å²) in [5.41, 5.74) is 3.02. The summed E-state index contributed by atoms with van der Waals surface area (Å²) in [6.07, 6.45) is 1.68. The number of aliphatic hydroxyl groups excluding tert-OH is 1. The molecule has 150 valence electrons. The Morgan fingerprint density at radius 3 is 2.22 bits per heavy atom. The van der Waals surface area contributed by atoms with Crippen LogP contribution in [0.5, 0.6) is 0 Å². The number of piperidine rings is 1. The first-order valence-corrected chi connectivity index (χ1v) is 10.2. The van der Waals surface area contributed by atoms with E-state index in [4.69, 9.17) is 0 Å². The molecule has 2 heterocycles. The Labute approximate surface area is 164 Å². The van der Waals surface area contributed by atoms with Crippen molar-refractivity contribution in [3.05, 3.63) is 35.4 Å². The number of nitrogens with one attached hydrogen (secondary N) is 1. The molecule has 0 saturated carbocycles. The van der Waals surface area contributed by atoms with E-state index >= 15 is 0 Å². The molecule has 0 radical (unpaired) electrons. The molecule has 1 aromatic rings. The van der Waals surface area contributed by atoms with Gasteiger partial charge in [0.1, 0.15) is 0 Å². The largest absolute Gasteiger partial charge is 0.393 e. The van der Waals surface area contributed by atoms with Crippen molar-refractivity contribution in [1.29, 1.82) is 0 Å². The third-order valence-electron chi connectivity index (χ3n) is 6.79. The monoisotopic (exact) mass is 372 g/mol. The first-order valence-electron chi connectivity index (χ1n) is 10.2. The highest BCUT2D eigenvalue weighted by molar-refractivity contribution is 5.82. The minimum atomic E-state index is -0.105. The van der Waals surface area contributed by atoms with Gasteiger partial charge in [0.15, 0.2) is 5.96 Å². The van der Waals surface area contributed by atoms with Gasteiger partial charge in [-0.1, -0.05) is 38.1 Å². The number of hydrogen-bond acceptors (Lipinski definition) is 3. The zero-order chi connectivity index (χ0) is 19.7. The summed E-state index contributed by atoms with van der Waals surface area (Å²) in [7, 11) is 1.86. The first kappa shape index (κ1) is 20.2. The summed E-state index contributed by atoms with van der Waals surface area (Å²) in [6, 6.07) is 8.86. The molecule has 0 aromatic heterocycles. The van der Waals surface area contributed by atoms with Crippen LogP contribution in [0.25, 0.3) is 0 Å². The van der Waals surface area contributed by atoms with Gasteiger partial charge in [-0.25, -0.2) is 0 Å². The summed E-state index contributed by atoms with van der Waals surface area (Å²) >= 11 is 0. The van der Waals surface area contributed by atoms with Gasteiger partial charge >= 0.3 is 0 Å². The Morgan fingerprint density at radius 2 is 1.70 bits per heavy atom. The lowest BCUT2D eigenvalue weighted by molar-refractivity contribution is -0.0667. The van der Waals surface area contributed by atoms with E-state index in [1.807, 2.05) is 7.05 Å². The van der Waals surface area contributed by atoms with E-state index in [0.717, 1.165) is 51.5 Å². The second kappa shape index (κ2) is 7.80. The lowest BCUT2D eigenvalue weighted by Crippen LogP contribution is -2.72. The highest BCUT2D eigenvalue weighted by atomic mass is 16.3. The van der Waals surface area contributed by atoms with Gasteiger partial charge in [0.2, 0.25) is 0 Å². The van der Waals surface area contributed by atoms with Gasteiger partial charge in [-0.3, -0.25) is 9.89 Å². The summed E-state index contributed by atoms with van der Waals surface area (Å²) in [5, 5.41) is 13.2. The Kier molecular flexibility index (Phi) is 5.82. The summed E-state index contributed by atoms with van der Waals surface area (Å²) < 4.78 is 0. The fourth-order valence-corrected chi connectivity index (χ4v) is 3.97. The van der Waals surface area contributed by atoms with Gasteiger partial charge in [-0.2, -0.15) is 0 Å². The number of hydrogen-bond donors (Lipinski definition) is 2. The Hall–Kier alpha value is -1.59. The SMILES string of the molecule is CN=C(NCc1ccc(CN2CCC(O)CC2)cc1)N1CC(C)(C)C1(C)C. The van der Waals surface area contributed by atoms with Crippen LogP contribution in [0.3, 0.4) is 0 Å². The summed E-state index contributed by atoms with van der Waals surface area (Å²) in [5.74, 6) is 0.982. The Balaban J connectivity index is 1.51. The average Bonchev–Trinajstić information content (AvgIpc) is 2.64. The van der Waals surface area contributed by atoms with Crippen LogP contribution >= 0.6 is 0 Å². The van der Waals surface area contributed by atoms with Crippen LogP contribution in [0.15, 0.2) is 29.3 Å². The predicted octanol–water partition coefficient (Wildman–Crippen LogP) is 2.84. The van der Waals surface area contributed by atoms with Gasteiger partial charge < -0.3 is 15.3 Å². The number of aliphatic imine (C=N–C) groups is 1. The Bertz CT molecular complexity index is 657. The highest BCUT2D eigenvalue weighted by Crippen LogP contribution is 2.46. The van der Waals surface area contributed by atoms with Gasteiger partial charge in [0, 0.05) is 50.7 Å². The zero-order valence-electron chi connectivity index (χ0n) is 17.6. The van der Waals surface area contributed by atoms with Gasteiger partial charge in [0.25, 0.3) is 0 Å². The van der Waals surface area contributed by atoms with E-state index in [1.54, 1.807) is 0 Å². The van der Waals surface area contributed by atoms with Crippen LogP contribution in [-0.2, 0) is 13.1 Å². The van der Waals surface area contributed by atoms with Crippen LogP contribution in [-0.4, -0.2) is 59.2 Å². The average molecular weight is 373 g/mol. The second-order valence-electron chi connectivity index (χ2n) is 9.25. The normalized spacial score (nSPS) is 23.2. The molecule has 0 bridgehead atoms. The van der Waals surface area contributed by atoms with Crippen molar-refractivity contribution < 1.29 is 5.11 Å². The number of guanidine groups is 1. The van der Waals surface area contributed by atoms with Crippen molar-refractivity contribution in [2.45, 2.75) is 65.3 Å².